The van der Waals surface area contributed by atoms with Gasteiger partial charge in [0.05, 0.1) is 14.2 Å². The second kappa shape index (κ2) is 9.66. The van der Waals surface area contributed by atoms with Crippen molar-refractivity contribution in [3.63, 3.8) is 0 Å². The summed E-state index contributed by atoms with van der Waals surface area (Å²) in [6, 6.07) is 4.79. The molecule has 1 N–H and O–H groups in total. The third kappa shape index (κ3) is 5.77. The maximum atomic E-state index is 12.0. The van der Waals surface area contributed by atoms with Crippen LogP contribution >= 0.6 is 0 Å². The van der Waals surface area contributed by atoms with Gasteiger partial charge in [0.1, 0.15) is 5.75 Å². The highest BCUT2D eigenvalue weighted by atomic mass is 16.6. The molecule has 0 fully saturated rings. The number of carbonyl (C=O) groups is 1. The van der Waals surface area contributed by atoms with E-state index < -0.39 is 23.0 Å². The Hall–Kier alpha value is -2.31. The first-order chi connectivity index (χ1) is 11.0. The van der Waals surface area contributed by atoms with Crippen LogP contribution in [0.5, 0.6) is 5.75 Å². The van der Waals surface area contributed by atoms with E-state index in [1.807, 2.05) is 6.92 Å². The van der Waals surface area contributed by atoms with E-state index in [-0.39, 0.29) is 0 Å². The Bertz CT molecular complexity index is 504. The van der Waals surface area contributed by atoms with Gasteiger partial charge < -0.3 is 14.8 Å². The van der Waals surface area contributed by atoms with Crippen molar-refractivity contribution in [2.24, 2.45) is 0 Å². The molecule has 0 amide bonds. The van der Waals surface area contributed by atoms with E-state index in [0.717, 1.165) is 12.8 Å². The molecule has 0 saturated heterocycles. The van der Waals surface area contributed by atoms with Crippen LogP contribution in [0.25, 0.3) is 0 Å². The van der Waals surface area contributed by atoms with E-state index in [9.17, 15) is 14.9 Å². The Kier molecular flexibility index (Phi) is 7.87. The molecule has 1 rings (SSSR count). The summed E-state index contributed by atoms with van der Waals surface area (Å²) in [4.78, 5) is 23.0. The van der Waals surface area contributed by atoms with Crippen LogP contribution in [0.1, 0.15) is 32.6 Å². The van der Waals surface area contributed by atoms with Crippen LogP contribution in [0.4, 0.5) is 5.69 Å². The lowest BCUT2D eigenvalue weighted by atomic mass is 10.0. The molecule has 0 aliphatic heterocycles. The second-order valence-electron chi connectivity index (χ2n) is 5.22. The summed E-state index contributed by atoms with van der Waals surface area (Å²) in [5.74, 6) is 0.0259. The molecule has 7 heteroatoms. The van der Waals surface area contributed by atoms with E-state index in [0.29, 0.717) is 24.3 Å². The Labute approximate surface area is 136 Å². The van der Waals surface area contributed by atoms with Crippen molar-refractivity contribution in [1.82, 2.24) is 0 Å². The van der Waals surface area contributed by atoms with Crippen molar-refractivity contribution in [3.8, 4) is 5.75 Å². The van der Waals surface area contributed by atoms with Gasteiger partial charge in [-0.2, -0.15) is 0 Å². The van der Waals surface area contributed by atoms with Crippen LogP contribution in [-0.2, 0) is 9.53 Å². The van der Waals surface area contributed by atoms with Crippen molar-refractivity contribution >= 4 is 11.7 Å². The Morgan fingerprint density at radius 2 is 1.91 bits per heavy atom. The van der Waals surface area contributed by atoms with Crippen molar-refractivity contribution < 1.29 is 19.2 Å². The molecule has 1 aromatic rings. The van der Waals surface area contributed by atoms with Crippen molar-refractivity contribution in [1.29, 1.82) is 0 Å². The summed E-state index contributed by atoms with van der Waals surface area (Å²) < 4.78 is 9.80. The summed E-state index contributed by atoms with van der Waals surface area (Å²) in [6.45, 7) is 2.02. The average Bonchev–Trinajstić information content (AvgIpc) is 2.56. The predicted octanol–water partition coefficient (Wildman–Crippen LogP) is 2.87. The molecule has 0 radical (unpaired) electrons. The minimum atomic E-state index is -1.03. The van der Waals surface area contributed by atoms with Crippen LogP contribution in [0.2, 0.25) is 0 Å². The van der Waals surface area contributed by atoms with Gasteiger partial charge in [0.15, 0.2) is 6.04 Å². The number of ether oxygens (including phenoxy) is 2. The van der Waals surface area contributed by atoms with E-state index in [4.69, 9.17) is 9.47 Å². The largest absolute Gasteiger partial charge is 0.497 e. The van der Waals surface area contributed by atoms with Gasteiger partial charge in [0.2, 0.25) is 6.04 Å². The van der Waals surface area contributed by atoms with Crippen molar-refractivity contribution in [2.45, 2.75) is 44.7 Å². The van der Waals surface area contributed by atoms with Crippen LogP contribution in [-0.4, -0.2) is 37.2 Å². The van der Waals surface area contributed by atoms with Gasteiger partial charge in [-0.1, -0.05) is 19.8 Å². The molecule has 0 unspecified atom stereocenters. The molecule has 0 aliphatic carbocycles. The SMILES string of the molecule is CCCCC[C@H]([C@@H](Nc1ccc(OC)cc1)C(=O)OC)[N+](=O)[O-]. The normalized spacial score (nSPS) is 13.0. The summed E-state index contributed by atoms with van der Waals surface area (Å²) in [6.07, 6.45) is 2.86. The Morgan fingerprint density at radius 3 is 2.39 bits per heavy atom. The number of nitrogens with one attached hydrogen (secondary N) is 1. The van der Waals surface area contributed by atoms with Crippen LogP contribution in [0.3, 0.4) is 0 Å². The van der Waals surface area contributed by atoms with E-state index >= 15 is 0 Å². The van der Waals surface area contributed by atoms with Crippen LogP contribution in [0.15, 0.2) is 24.3 Å². The molecule has 23 heavy (non-hydrogen) atoms. The van der Waals surface area contributed by atoms with Gasteiger partial charge in [0, 0.05) is 17.0 Å². The molecule has 2 atom stereocenters. The maximum Gasteiger partial charge on any atom is 0.335 e. The second-order valence-corrected chi connectivity index (χ2v) is 5.22. The zero-order chi connectivity index (χ0) is 17.2. The third-order valence-electron chi connectivity index (χ3n) is 3.63. The lowest BCUT2D eigenvalue weighted by molar-refractivity contribution is -0.524. The number of nitrogens with zero attached hydrogens (tertiary/aromatic N) is 1. The number of hydrogen-bond donors (Lipinski definition) is 1. The molecular formula is C16H24N2O5. The number of rotatable bonds is 10. The highest BCUT2D eigenvalue weighted by Crippen LogP contribution is 2.19. The molecule has 0 spiro atoms. The molecule has 1 aromatic carbocycles. The van der Waals surface area contributed by atoms with Gasteiger partial charge >= 0.3 is 5.97 Å². The first kappa shape index (κ1) is 18.7. The fourth-order valence-electron chi connectivity index (χ4n) is 2.30. The first-order valence-corrected chi connectivity index (χ1v) is 7.65. The number of methoxy groups -OCH3 is 2. The Morgan fingerprint density at radius 1 is 1.26 bits per heavy atom. The molecular weight excluding hydrogens is 300 g/mol. The van der Waals surface area contributed by atoms with Crippen molar-refractivity contribution in [3.05, 3.63) is 34.4 Å². The van der Waals surface area contributed by atoms with Gasteiger partial charge in [-0.15, -0.1) is 0 Å². The number of unbranched alkanes of at least 4 members (excludes halogenated alkanes) is 2. The number of benzene rings is 1. The number of hydrogen-bond acceptors (Lipinski definition) is 6. The molecule has 0 saturated carbocycles. The number of esters is 1. The number of anilines is 1. The van der Waals surface area contributed by atoms with Gasteiger partial charge in [-0.05, 0) is 30.7 Å². The molecule has 128 valence electrons. The fourth-order valence-corrected chi connectivity index (χ4v) is 2.30. The van der Waals surface area contributed by atoms with Crippen molar-refractivity contribution in [2.75, 3.05) is 19.5 Å². The van der Waals surface area contributed by atoms with E-state index in [1.54, 1.807) is 31.4 Å². The topological polar surface area (TPSA) is 90.7 Å². The van der Waals surface area contributed by atoms with Crippen LogP contribution < -0.4 is 10.1 Å². The van der Waals surface area contributed by atoms with E-state index in [1.165, 1.54) is 7.11 Å². The summed E-state index contributed by atoms with van der Waals surface area (Å²) in [5.41, 5.74) is 0.601. The predicted molar refractivity (Wildman–Crippen MR) is 87.3 cm³/mol. The third-order valence-corrected chi connectivity index (χ3v) is 3.63. The summed E-state index contributed by atoms with van der Waals surface area (Å²) >= 11 is 0. The van der Waals surface area contributed by atoms with Gasteiger partial charge in [0.25, 0.3) is 0 Å². The zero-order valence-corrected chi connectivity index (χ0v) is 13.8. The highest BCUT2D eigenvalue weighted by molar-refractivity contribution is 5.80. The monoisotopic (exact) mass is 324 g/mol. The molecule has 7 nitrogen and oxygen atoms in total. The summed E-state index contributed by atoms with van der Waals surface area (Å²) in [7, 11) is 2.78. The van der Waals surface area contributed by atoms with Gasteiger partial charge in [-0.25, -0.2) is 4.79 Å². The maximum absolute atomic E-state index is 12.0. The molecule has 0 heterocycles. The lowest BCUT2D eigenvalue weighted by Gasteiger charge is -2.21. The Balaban J connectivity index is 2.91. The highest BCUT2D eigenvalue weighted by Gasteiger charge is 2.37. The number of nitro groups is 1. The average molecular weight is 324 g/mol. The lowest BCUT2D eigenvalue weighted by Crippen LogP contribution is -2.45. The van der Waals surface area contributed by atoms with Crippen LogP contribution in [0, 0.1) is 10.1 Å². The fraction of sp³-hybridized carbons (Fsp3) is 0.562. The summed E-state index contributed by atoms with van der Waals surface area (Å²) in [5, 5.41) is 14.3. The van der Waals surface area contributed by atoms with E-state index in [2.05, 4.69) is 5.32 Å². The molecule has 0 aliphatic rings. The van der Waals surface area contributed by atoms with Gasteiger partial charge in [-0.3, -0.25) is 10.1 Å². The molecule has 0 aromatic heterocycles. The smallest absolute Gasteiger partial charge is 0.335 e. The number of carbonyl (C=O) groups excluding carboxylic acids is 1. The standard InChI is InChI=1S/C16H24N2O5/c1-4-5-6-7-14(18(20)21)15(16(19)23-3)17-12-8-10-13(22-2)11-9-12/h8-11,14-15,17H,4-7H2,1-3H3/t14-,15-/m1/s1. The first-order valence-electron chi connectivity index (χ1n) is 7.65. The zero-order valence-electron chi connectivity index (χ0n) is 13.8. The quantitative estimate of drug-likeness (QED) is 0.308. The minimum absolute atomic E-state index is 0.323. The molecule has 0 bridgehead atoms. The minimum Gasteiger partial charge on any atom is -0.497 e.